The van der Waals surface area contributed by atoms with Gasteiger partial charge in [0.05, 0.1) is 0 Å². The van der Waals surface area contributed by atoms with E-state index in [0.29, 0.717) is 6.61 Å². The van der Waals surface area contributed by atoms with Gasteiger partial charge < -0.3 is 0 Å². The molecular weight excluding hydrogens is 247 g/mol. The molecule has 1 unspecified atom stereocenters. The van der Waals surface area contributed by atoms with Crippen LogP contribution in [0.2, 0.25) is 0 Å². The van der Waals surface area contributed by atoms with Crippen molar-refractivity contribution in [3.63, 3.8) is 0 Å². The molecule has 0 aromatic carbocycles. The third kappa shape index (κ3) is 4.13. The maximum absolute atomic E-state index is 5.46. The number of hydrogen-bond acceptors (Lipinski definition) is 2. The van der Waals surface area contributed by atoms with Gasteiger partial charge in [-0.25, -0.2) is 0 Å². The third-order valence-corrected chi connectivity index (χ3v) is 2.07. The van der Waals surface area contributed by atoms with Gasteiger partial charge in [0.1, 0.15) is 0 Å². The zero-order valence-electron chi connectivity index (χ0n) is 6.71. The second kappa shape index (κ2) is 5.17. The first-order valence-corrected chi connectivity index (χ1v) is 5.60. The Morgan fingerprint density at radius 2 is 2.45 bits per heavy atom. The molecule has 2 nitrogen and oxygen atoms in total. The van der Waals surface area contributed by atoms with E-state index in [-0.39, 0.29) is 6.29 Å². The van der Waals surface area contributed by atoms with Crippen LogP contribution in [0.1, 0.15) is 19.3 Å². The van der Waals surface area contributed by atoms with Gasteiger partial charge in [0.25, 0.3) is 0 Å². The average molecular weight is 261 g/mol. The van der Waals surface area contributed by atoms with Crippen LogP contribution in [-0.4, -0.2) is 42.0 Å². The molecule has 1 heterocycles. The molecule has 0 N–H and O–H groups in total. The summed E-state index contributed by atoms with van der Waals surface area (Å²) in [6.45, 7) is 5.36. The standard InChI is InChI=1S/C8H13O2.Sn.H/c1-2-6-9-8-5-3-4-7-10-8;;/h8H,1,3-7H2;;. The second-order valence-corrected chi connectivity index (χ2v) is 5.10. The van der Waals surface area contributed by atoms with Gasteiger partial charge in [-0.3, -0.25) is 0 Å². The van der Waals surface area contributed by atoms with E-state index in [2.05, 4.69) is 6.58 Å². The Balaban J connectivity index is 2.09. The molecule has 0 aliphatic carbocycles. The van der Waals surface area contributed by atoms with Crippen LogP contribution >= 0.6 is 0 Å². The molecule has 62 valence electrons. The van der Waals surface area contributed by atoms with Crippen LogP contribution in [0.5, 0.6) is 0 Å². The van der Waals surface area contributed by atoms with E-state index < -0.39 is 0 Å². The molecule has 11 heavy (non-hydrogen) atoms. The van der Waals surface area contributed by atoms with Gasteiger partial charge >= 0.3 is 80.9 Å². The van der Waals surface area contributed by atoms with E-state index in [1.165, 1.54) is 16.4 Å². The van der Waals surface area contributed by atoms with Crippen LogP contribution in [0.3, 0.4) is 0 Å². The summed E-state index contributed by atoms with van der Waals surface area (Å²) in [6.07, 6.45) is 3.51. The molecule has 0 aromatic heterocycles. The van der Waals surface area contributed by atoms with Crippen molar-refractivity contribution in [2.24, 2.45) is 0 Å². The first-order chi connectivity index (χ1) is 5.29. The quantitative estimate of drug-likeness (QED) is 0.704. The van der Waals surface area contributed by atoms with E-state index in [1.54, 1.807) is 0 Å². The minimum atomic E-state index is 0.0490. The van der Waals surface area contributed by atoms with Crippen molar-refractivity contribution in [3.8, 4) is 0 Å². The van der Waals surface area contributed by atoms with Crippen molar-refractivity contribution < 1.29 is 9.47 Å². The van der Waals surface area contributed by atoms with E-state index in [9.17, 15) is 0 Å². The molecule has 0 saturated carbocycles. The van der Waals surface area contributed by atoms with E-state index in [4.69, 9.17) is 9.47 Å². The summed E-state index contributed by atoms with van der Waals surface area (Å²) in [4.78, 5) is 0. The number of rotatable bonds is 3. The van der Waals surface area contributed by atoms with Crippen molar-refractivity contribution in [2.45, 2.75) is 25.6 Å². The summed E-state index contributed by atoms with van der Waals surface area (Å²) >= 11 is 1.08. The summed E-state index contributed by atoms with van der Waals surface area (Å²) in [5.41, 5.74) is 0. The summed E-state index contributed by atoms with van der Waals surface area (Å²) in [5.74, 6) is 0. The van der Waals surface area contributed by atoms with Crippen molar-refractivity contribution in [3.05, 3.63) is 10.2 Å². The van der Waals surface area contributed by atoms with Gasteiger partial charge in [-0.15, -0.1) is 0 Å². The molecule has 1 fully saturated rings. The van der Waals surface area contributed by atoms with Crippen LogP contribution in [-0.2, 0) is 9.47 Å². The molecule has 0 bridgehead atoms. The summed E-state index contributed by atoms with van der Waals surface area (Å²) < 4.78 is 12.0. The fraction of sp³-hybridized carbons (Fsp3) is 0.750. The van der Waals surface area contributed by atoms with Crippen molar-refractivity contribution in [1.82, 2.24) is 0 Å². The fourth-order valence-electron chi connectivity index (χ4n) is 1.04. The normalized spacial score (nSPS) is 25.0. The van der Waals surface area contributed by atoms with Crippen molar-refractivity contribution in [1.29, 1.82) is 0 Å². The van der Waals surface area contributed by atoms with E-state index in [1.807, 2.05) is 0 Å². The Morgan fingerprint density at radius 1 is 1.64 bits per heavy atom. The number of ether oxygens (including phenoxy) is 2. The SMILES string of the molecule is C=[C]([SnH])COC1CCCCO1. The van der Waals surface area contributed by atoms with E-state index >= 15 is 0 Å². The molecule has 2 radical (unpaired) electrons. The van der Waals surface area contributed by atoms with Crippen molar-refractivity contribution in [2.75, 3.05) is 13.2 Å². The Labute approximate surface area is 81.0 Å². The Morgan fingerprint density at radius 3 is 3.00 bits per heavy atom. The molecule has 0 amide bonds. The molecule has 1 aliphatic rings. The van der Waals surface area contributed by atoms with Crippen LogP contribution in [0.25, 0.3) is 0 Å². The van der Waals surface area contributed by atoms with E-state index in [0.717, 1.165) is 35.6 Å². The van der Waals surface area contributed by atoms with Gasteiger partial charge in [0.2, 0.25) is 0 Å². The Hall–Kier alpha value is 0.459. The summed E-state index contributed by atoms with van der Waals surface area (Å²) in [6, 6.07) is 0. The minimum absolute atomic E-state index is 0.0490. The molecule has 1 atom stereocenters. The Bertz CT molecular complexity index is 130. The van der Waals surface area contributed by atoms with Gasteiger partial charge in [0.15, 0.2) is 0 Å². The first kappa shape index (κ1) is 9.55. The van der Waals surface area contributed by atoms with Crippen LogP contribution < -0.4 is 0 Å². The topological polar surface area (TPSA) is 18.5 Å². The molecule has 0 spiro atoms. The van der Waals surface area contributed by atoms with Crippen molar-refractivity contribution >= 4 is 22.5 Å². The maximum atomic E-state index is 5.46. The van der Waals surface area contributed by atoms with Crippen LogP contribution in [0, 0.1) is 0 Å². The average Bonchev–Trinajstić information content (AvgIpc) is 2.03. The molecule has 1 rings (SSSR count). The fourth-order valence-corrected chi connectivity index (χ4v) is 1.32. The van der Waals surface area contributed by atoms with Gasteiger partial charge in [-0.05, 0) is 0 Å². The summed E-state index contributed by atoms with van der Waals surface area (Å²) in [5, 5.41) is 0. The van der Waals surface area contributed by atoms with Gasteiger partial charge in [-0.1, -0.05) is 0 Å². The third-order valence-electron chi connectivity index (χ3n) is 1.59. The first-order valence-electron chi connectivity index (χ1n) is 3.95. The summed E-state index contributed by atoms with van der Waals surface area (Å²) in [7, 11) is 0. The molecule has 1 aliphatic heterocycles. The van der Waals surface area contributed by atoms with Gasteiger partial charge in [0, 0.05) is 0 Å². The molecular formula is C8H14O2Sn. The number of hydrogen-bond donors (Lipinski definition) is 0. The second-order valence-electron chi connectivity index (χ2n) is 2.77. The monoisotopic (exact) mass is 262 g/mol. The van der Waals surface area contributed by atoms with Gasteiger partial charge in [-0.2, -0.15) is 0 Å². The Kier molecular flexibility index (Phi) is 4.48. The van der Waals surface area contributed by atoms with Crippen LogP contribution in [0.15, 0.2) is 10.2 Å². The predicted octanol–water partition coefficient (Wildman–Crippen LogP) is 0.944. The zero-order chi connectivity index (χ0) is 8.10. The zero-order valence-corrected chi connectivity index (χ0v) is 10.0. The molecule has 3 heteroatoms. The molecule has 1 saturated heterocycles. The van der Waals surface area contributed by atoms with Crippen LogP contribution in [0.4, 0.5) is 0 Å². The molecule has 0 aromatic rings. The predicted molar refractivity (Wildman–Crippen MR) is 45.8 cm³/mol.